The molecule has 0 unspecified atom stereocenters. The quantitative estimate of drug-likeness (QED) is 0.658. The van der Waals surface area contributed by atoms with E-state index in [9.17, 15) is 14.7 Å². The first-order valence-electron chi connectivity index (χ1n) is 5.80. The summed E-state index contributed by atoms with van der Waals surface area (Å²) in [6, 6.07) is 1.78. The molecule has 0 aliphatic carbocycles. The summed E-state index contributed by atoms with van der Waals surface area (Å²) >= 11 is 1.53. The topological polar surface area (TPSA) is 63.6 Å². The van der Waals surface area contributed by atoms with Gasteiger partial charge in [0.15, 0.2) is 11.9 Å². The molecule has 0 saturated carbocycles. The standard InChI is InChI=1S/C13H18O4S/c1-7(2)17-13(16)12(15)6-11(14)10-5-8(3)18-9(10)4/h5,7,12,15H,6H2,1-4H3/t12-/m1/s1. The van der Waals surface area contributed by atoms with E-state index < -0.39 is 12.1 Å². The first kappa shape index (κ1) is 14.9. The van der Waals surface area contributed by atoms with Gasteiger partial charge in [-0.15, -0.1) is 11.3 Å². The minimum Gasteiger partial charge on any atom is -0.461 e. The average molecular weight is 270 g/mol. The van der Waals surface area contributed by atoms with E-state index in [1.54, 1.807) is 19.9 Å². The van der Waals surface area contributed by atoms with Crippen LogP contribution in [0, 0.1) is 13.8 Å². The zero-order valence-corrected chi connectivity index (χ0v) is 11.8. The third-order valence-corrected chi connectivity index (χ3v) is 3.31. The van der Waals surface area contributed by atoms with Gasteiger partial charge in [0.25, 0.3) is 0 Å². The molecule has 0 aromatic carbocycles. The van der Waals surface area contributed by atoms with Crippen LogP contribution in [0.25, 0.3) is 0 Å². The van der Waals surface area contributed by atoms with Crippen LogP contribution in [0.4, 0.5) is 0 Å². The van der Waals surface area contributed by atoms with Crippen molar-refractivity contribution in [2.45, 2.75) is 46.3 Å². The molecule has 0 aliphatic rings. The Morgan fingerprint density at radius 1 is 1.39 bits per heavy atom. The number of hydrogen-bond acceptors (Lipinski definition) is 5. The van der Waals surface area contributed by atoms with Crippen LogP contribution < -0.4 is 0 Å². The molecule has 1 rings (SSSR count). The van der Waals surface area contributed by atoms with Crippen molar-refractivity contribution in [3.05, 3.63) is 21.4 Å². The second-order valence-corrected chi connectivity index (χ2v) is 5.92. The van der Waals surface area contributed by atoms with Crippen molar-refractivity contribution in [3.8, 4) is 0 Å². The highest BCUT2D eigenvalue weighted by atomic mass is 32.1. The van der Waals surface area contributed by atoms with E-state index in [2.05, 4.69) is 0 Å². The van der Waals surface area contributed by atoms with Gasteiger partial charge < -0.3 is 9.84 Å². The Morgan fingerprint density at radius 3 is 2.44 bits per heavy atom. The van der Waals surface area contributed by atoms with E-state index in [0.717, 1.165) is 9.75 Å². The minimum atomic E-state index is -1.39. The van der Waals surface area contributed by atoms with Gasteiger partial charge in [-0.3, -0.25) is 4.79 Å². The molecular weight excluding hydrogens is 252 g/mol. The van der Waals surface area contributed by atoms with E-state index in [1.807, 2.05) is 13.8 Å². The van der Waals surface area contributed by atoms with Gasteiger partial charge in [-0.25, -0.2) is 4.79 Å². The maximum absolute atomic E-state index is 11.9. The van der Waals surface area contributed by atoms with Gasteiger partial charge in [0.1, 0.15) is 0 Å². The average Bonchev–Trinajstić information content (AvgIpc) is 2.56. The van der Waals surface area contributed by atoms with Crippen molar-refractivity contribution in [2.75, 3.05) is 0 Å². The van der Waals surface area contributed by atoms with Gasteiger partial charge in [0.05, 0.1) is 6.10 Å². The number of aliphatic hydroxyl groups is 1. The highest BCUT2D eigenvalue weighted by Crippen LogP contribution is 2.22. The monoisotopic (exact) mass is 270 g/mol. The molecule has 18 heavy (non-hydrogen) atoms. The summed E-state index contributed by atoms with van der Waals surface area (Å²) in [5.74, 6) is -0.979. The number of ketones is 1. The summed E-state index contributed by atoms with van der Waals surface area (Å²) in [6.45, 7) is 7.15. The van der Waals surface area contributed by atoms with Crippen molar-refractivity contribution >= 4 is 23.1 Å². The van der Waals surface area contributed by atoms with Gasteiger partial charge in [-0.2, -0.15) is 0 Å². The van der Waals surface area contributed by atoms with Crippen LogP contribution in [0.5, 0.6) is 0 Å². The summed E-state index contributed by atoms with van der Waals surface area (Å²) in [5, 5.41) is 9.60. The van der Waals surface area contributed by atoms with Crippen molar-refractivity contribution < 1.29 is 19.4 Å². The van der Waals surface area contributed by atoms with Crippen molar-refractivity contribution in [1.82, 2.24) is 0 Å². The number of ether oxygens (including phenoxy) is 1. The molecule has 1 atom stereocenters. The van der Waals surface area contributed by atoms with Crippen LogP contribution >= 0.6 is 11.3 Å². The molecule has 0 bridgehead atoms. The number of esters is 1. The molecule has 5 heteroatoms. The van der Waals surface area contributed by atoms with Crippen molar-refractivity contribution in [3.63, 3.8) is 0 Å². The van der Waals surface area contributed by atoms with E-state index in [0.29, 0.717) is 5.56 Å². The molecule has 0 spiro atoms. The second kappa shape index (κ2) is 6.11. The number of carbonyl (C=O) groups is 2. The van der Waals surface area contributed by atoms with Crippen LogP contribution in [0.3, 0.4) is 0 Å². The minimum absolute atomic E-state index is 0.231. The lowest BCUT2D eigenvalue weighted by Gasteiger charge is -2.12. The summed E-state index contributed by atoms with van der Waals surface area (Å²) in [4.78, 5) is 25.2. The van der Waals surface area contributed by atoms with Crippen molar-refractivity contribution in [1.29, 1.82) is 0 Å². The first-order chi connectivity index (χ1) is 8.31. The molecule has 100 valence electrons. The van der Waals surface area contributed by atoms with Gasteiger partial charge in [-0.1, -0.05) is 0 Å². The number of aliphatic hydroxyl groups excluding tert-OH is 1. The molecule has 0 radical (unpaired) electrons. The number of rotatable bonds is 5. The van der Waals surface area contributed by atoms with Crippen LogP contribution in [0.15, 0.2) is 6.07 Å². The third kappa shape index (κ3) is 3.92. The molecule has 1 aromatic rings. The Balaban J connectivity index is 2.65. The van der Waals surface area contributed by atoms with Crippen LogP contribution in [-0.2, 0) is 9.53 Å². The van der Waals surface area contributed by atoms with E-state index in [1.165, 1.54) is 11.3 Å². The summed E-state index contributed by atoms with van der Waals surface area (Å²) < 4.78 is 4.85. The van der Waals surface area contributed by atoms with Gasteiger partial charge in [0.2, 0.25) is 0 Å². The molecule has 1 aromatic heterocycles. The first-order valence-corrected chi connectivity index (χ1v) is 6.61. The normalized spacial score (nSPS) is 12.6. The van der Waals surface area contributed by atoms with Crippen molar-refractivity contribution in [2.24, 2.45) is 0 Å². The zero-order valence-electron chi connectivity index (χ0n) is 11.0. The Kier molecular flexibility index (Phi) is 5.04. The largest absolute Gasteiger partial charge is 0.461 e. The number of aryl methyl sites for hydroxylation is 2. The smallest absolute Gasteiger partial charge is 0.335 e. The predicted octanol–water partition coefficient (Wildman–Crippen LogP) is 2.25. The maximum atomic E-state index is 11.9. The second-order valence-electron chi connectivity index (χ2n) is 4.46. The molecule has 0 fully saturated rings. The Morgan fingerprint density at radius 2 is 2.00 bits per heavy atom. The third-order valence-electron chi connectivity index (χ3n) is 2.34. The SMILES string of the molecule is Cc1cc(C(=O)C[C@@H](O)C(=O)OC(C)C)c(C)s1. The van der Waals surface area contributed by atoms with Crippen LogP contribution in [0.1, 0.15) is 40.4 Å². The molecule has 0 aliphatic heterocycles. The lowest BCUT2D eigenvalue weighted by atomic mass is 10.1. The molecule has 4 nitrogen and oxygen atoms in total. The predicted molar refractivity (Wildman–Crippen MR) is 70.0 cm³/mol. The van der Waals surface area contributed by atoms with E-state index in [4.69, 9.17) is 4.74 Å². The fourth-order valence-corrected chi connectivity index (χ4v) is 2.53. The van der Waals surface area contributed by atoms with E-state index in [-0.39, 0.29) is 18.3 Å². The molecule has 1 N–H and O–H groups in total. The number of thiophene rings is 1. The summed E-state index contributed by atoms with van der Waals surface area (Å²) in [5.41, 5.74) is 0.578. The highest BCUT2D eigenvalue weighted by Gasteiger charge is 2.23. The Hall–Kier alpha value is -1.20. The Labute approximate surface area is 111 Å². The van der Waals surface area contributed by atoms with Gasteiger partial charge >= 0.3 is 5.97 Å². The Bertz CT molecular complexity index is 448. The lowest BCUT2D eigenvalue weighted by Crippen LogP contribution is -2.28. The fraction of sp³-hybridized carbons (Fsp3) is 0.538. The summed E-state index contributed by atoms with van der Waals surface area (Å²) in [7, 11) is 0. The number of hydrogen-bond donors (Lipinski definition) is 1. The van der Waals surface area contributed by atoms with Gasteiger partial charge in [0, 0.05) is 21.7 Å². The lowest BCUT2D eigenvalue weighted by molar-refractivity contribution is -0.157. The summed E-state index contributed by atoms with van der Waals surface area (Å²) in [6.07, 6.45) is -1.92. The molecule has 0 saturated heterocycles. The fourth-order valence-electron chi connectivity index (χ4n) is 1.59. The zero-order chi connectivity index (χ0) is 13.9. The maximum Gasteiger partial charge on any atom is 0.335 e. The van der Waals surface area contributed by atoms with E-state index >= 15 is 0 Å². The highest BCUT2D eigenvalue weighted by molar-refractivity contribution is 7.12. The molecule has 1 heterocycles. The van der Waals surface area contributed by atoms with Crippen LogP contribution in [0.2, 0.25) is 0 Å². The molecular formula is C13H18O4S. The number of carbonyl (C=O) groups excluding carboxylic acids is 2. The molecule has 0 amide bonds. The van der Waals surface area contributed by atoms with Gasteiger partial charge in [-0.05, 0) is 33.8 Å². The van der Waals surface area contributed by atoms with Crippen LogP contribution in [-0.4, -0.2) is 29.1 Å². The number of Topliss-reactive ketones (excluding diaryl/α,β-unsaturated/α-hetero) is 1.